The Morgan fingerprint density at radius 3 is 2.85 bits per heavy atom. The van der Waals surface area contributed by atoms with E-state index in [4.69, 9.17) is 15.5 Å². The molecule has 0 spiro atoms. The van der Waals surface area contributed by atoms with Crippen molar-refractivity contribution in [1.29, 1.82) is 0 Å². The molecule has 1 aromatic carbocycles. The number of imidazole rings is 1. The van der Waals surface area contributed by atoms with Gasteiger partial charge in [0.25, 0.3) is 0 Å². The molecule has 0 radical (unpaired) electrons. The average molecular weight is 474 g/mol. The van der Waals surface area contributed by atoms with Gasteiger partial charge in [0.05, 0.1) is 24.5 Å². The quantitative estimate of drug-likeness (QED) is 0.418. The highest BCUT2D eigenvalue weighted by Crippen LogP contribution is 2.32. The average Bonchev–Trinajstić information content (AvgIpc) is 3.17. The van der Waals surface area contributed by atoms with Crippen molar-refractivity contribution in [2.24, 2.45) is 5.73 Å². The van der Waals surface area contributed by atoms with Gasteiger partial charge in [-0.1, -0.05) is 26.1 Å². The van der Waals surface area contributed by atoms with E-state index < -0.39 is 14.2 Å². The molecule has 4 N–H and O–H groups in total. The molecule has 1 atom stereocenters. The summed E-state index contributed by atoms with van der Waals surface area (Å²) in [5.74, 6) is 0.683. The SMILES string of the molecule is COC(=O)Nc1ccc2c(c1)NC(=O)CCCC[C@H](N)c1nc-2cn1COCC[Si](C)(C)C. The van der Waals surface area contributed by atoms with Crippen LogP contribution in [-0.4, -0.2) is 43.3 Å². The number of rotatable bonds is 6. The third-order valence-corrected chi connectivity index (χ3v) is 7.24. The van der Waals surface area contributed by atoms with Crippen LogP contribution in [0.15, 0.2) is 24.4 Å². The van der Waals surface area contributed by atoms with E-state index in [-0.39, 0.29) is 11.9 Å². The number of nitrogens with zero attached hydrogens (tertiary/aromatic N) is 2. The van der Waals surface area contributed by atoms with Crippen molar-refractivity contribution in [2.75, 3.05) is 24.4 Å². The highest BCUT2D eigenvalue weighted by Gasteiger charge is 2.21. The molecule has 33 heavy (non-hydrogen) atoms. The van der Waals surface area contributed by atoms with Crippen molar-refractivity contribution in [2.45, 2.75) is 64.1 Å². The number of aromatic nitrogens is 2. The van der Waals surface area contributed by atoms with Crippen LogP contribution in [0.25, 0.3) is 11.3 Å². The summed E-state index contributed by atoms with van der Waals surface area (Å²) >= 11 is 0. The molecule has 1 aliphatic heterocycles. The first-order chi connectivity index (χ1) is 15.7. The summed E-state index contributed by atoms with van der Waals surface area (Å²) in [5.41, 5.74) is 9.01. The van der Waals surface area contributed by atoms with E-state index in [1.54, 1.807) is 12.1 Å². The zero-order chi connectivity index (χ0) is 24.0. The van der Waals surface area contributed by atoms with Gasteiger partial charge in [-0.2, -0.15) is 0 Å². The number of ether oxygens (including phenoxy) is 2. The zero-order valence-electron chi connectivity index (χ0n) is 19.9. The van der Waals surface area contributed by atoms with E-state index in [1.807, 2.05) is 16.8 Å². The molecule has 0 aliphatic carbocycles. The van der Waals surface area contributed by atoms with Gasteiger partial charge in [-0.05, 0) is 37.1 Å². The molecule has 1 aliphatic rings. The molecule has 0 saturated carbocycles. The molecule has 10 heteroatoms. The number of nitrogens with one attached hydrogen (secondary N) is 2. The molecule has 3 rings (SSSR count). The minimum absolute atomic E-state index is 0.0880. The maximum atomic E-state index is 12.5. The smallest absolute Gasteiger partial charge is 0.411 e. The maximum absolute atomic E-state index is 12.5. The summed E-state index contributed by atoms with van der Waals surface area (Å²) in [4.78, 5) is 29.0. The molecule has 9 nitrogen and oxygen atoms in total. The first-order valence-corrected chi connectivity index (χ1v) is 15.1. The Kier molecular flexibility index (Phi) is 8.28. The predicted molar refractivity (Wildman–Crippen MR) is 132 cm³/mol. The van der Waals surface area contributed by atoms with Crippen LogP contribution in [0.1, 0.15) is 37.5 Å². The number of hydrogen-bond donors (Lipinski definition) is 3. The molecule has 180 valence electrons. The predicted octanol–water partition coefficient (Wildman–Crippen LogP) is 4.55. The van der Waals surface area contributed by atoms with Crippen LogP contribution >= 0.6 is 0 Å². The molecule has 2 bridgehead atoms. The molecule has 2 heterocycles. The fourth-order valence-corrected chi connectivity index (χ4v) is 4.37. The fourth-order valence-electron chi connectivity index (χ4n) is 3.61. The van der Waals surface area contributed by atoms with Crippen LogP contribution in [0.4, 0.5) is 16.2 Å². The number of hydrogen-bond acceptors (Lipinski definition) is 6. The number of amides is 2. The first-order valence-electron chi connectivity index (χ1n) is 11.4. The Hall–Kier alpha value is -2.69. The van der Waals surface area contributed by atoms with E-state index >= 15 is 0 Å². The highest BCUT2D eigenvalue weighted by molar-refractivity contribution is 6.76. The number of nitrogens with two attached hydrogens (primary N) is 1. The number of carbonyl (C=O) groups is 2. The summed E-state index contributed by atoms with van der Waals surface area (Å²) in [6, 6.07) is 6.11. The molecule has 1 aromatic heterocycles. The number of methoxy groups -OCH3 is 1. The van der Waals surface area contributed by atoms with Crippen molar-refractivity contribution in [3.05, 3.63) is 30.2 Å². The second-order valence-corrected chi connectivity index (χ2v) is 15.2. The van der Waals surface area contributed by atoms with Gasteiger partial charge in [0, 0.05) is 38.5 Å². The third kappa shape index (κ3) is 7.14. The van der Waals surface area contributed by atoms with E-state index in [0.29, 0.717) is 36.8 Å². The van der Waals surface area contributed by atoms with Gasteiger partial charge in [0.15, 0.2) is 0 Å². The van der Waals surface area contributed by atoms with Crippen molar-refractivity contribution in [3.8, 4) is 11.3 Å². The van der Waals surface area contributed by atoms with E-state index in [1.165, 1.54) is 7.11 Å². The van der Waals surface area contributed by atoms with Gasteiger partial charge >= 0.3 is 6.09 Å². The second kappa shape index (κ2) is 11.0. The third-order valence-electron chi connectivity index (χ3n) is 5.54. The van der Waals surface area contributed by atoms with Crippen LogP contribution in [0.3, 0.4) is 0 Å². The summed E-state index contributed by atoms with van der Waals surface area (Å²) in [7, 11) is 0.118. The molecule has 0 saturated heterocycles. The lowest BCUT2D eigenvalue weighted by molar-refractivity contribution is -0.116. The van der Waals surface area contributed by atoms with Gasteiger partial charge in [0.2, 0.25) is 5.91 Å². The molecule has 2 aromatic rings. The standard InChI is InChI=1S/C23H35N5O4Si/c1-31-23(30)25-16-9-10-17-19(13-16)26-21(29)8-6-5-7-18(24)22-27-20(17)14-28(22)15-32-11-12-33(2,3)4/h9-10,13-14,18H,5-8,11-12,15,24H2,1-4H3,(H,25,30)(H,26,29)/t18-/m0/s1. The van der Waals surface area contributed by atoms with Crippen molar-refractivity contribution >= 4 is 31.4 Å². The Morgan fingerprint density at radius 1 is 1.33 bits per heavy atom. The Labute approximate surface area is 196 Å². The van der Waals surface area contributed by atoms with Crippen molar-refractivity contribution < 1.29 is 19.1 Å². The molecule has 2 amide bonds. The maximum Gasteiger partial charge on any atom is 0.411 e. The van der Waals surface area contributed by atoms with Gasteiger partial charge < -0.3 is 25.1 Å². The molecular formula is C23H35N5O4Si. The number of carbonyl (C=O) groups excluding carboxylic acids is 2. The first kappa shape index (κ1) is 24.9. The summed E-state index contributed by atoms with van der Waals surface area (Å²) in [6.45, 7) is 8.05. The Balaban J connectivity index is 1.94. The van der Waals surface area contributed by atoms with Gasteiger partial charge in [-0.3, -0.25) is 10.1 Å². The monoisotopic (exact) mass is 473 g/mol. The highest BCUT2D eigenvalue weighted by atomic mass is 28.3. The van der Waals surface area contributed by atoms with E-state index in [9.17, 15) is 9.59 Å². The van der Waals surface area contributed by atoms with Crippen LogP contribution in [0, 0.1) is 0 Å². The van der Waals surface area contributed by atoms with Gasteiger partial charge in [-0.25, -0.2) is 9.78 Å². The van der Waals surface area contributed by atoms with E-state index in [2.05, 4.69) is 35.0 Å². The Bertz CT molecular complexity index is 986. The van der Waals surface area contributed by atoms with Crippen molar-refractivity contribution in [1.82, 2.24) is 9.55 Å². The Morgan fingerprint density at radius 2 is 2.12 bits per heavy atom. The van der Waals surface area contributed by atoms with Crippen LogP contribution in [0.2, 0.25) is 25.7 Å². The normalized spacial score (nSPS) is 16.8. The number of anilines is 2. The summed E-state index contributed by atoms with van der Waals surface area (Å²) in [6.07, 6.45) is 4.03. The second-order valence-electron chi connectivity index (χ2n) is 9.58. The lowest BCUT2D eigenvalue weighted by Gasteiger charge is -2.17. The van der Waals surface area contributed by atoms with E-state index in [0.717, 1.165) is 36.7 Å². The fraction of sp³-hybridized carbons (Fsp3) is 0.522. The largest absolute Gasteiger partial charge is 0.453 e. The minimum atomic E-state index is -1.18. The molecule has 0 unspecified atom stereocenters. The van der Waals surface area contributed by atoms with Crippen LogP contribution < -0.4 is 16.4 Å². The zero-order valence-corrected chi connectivity index (χ0v) is 20.9. The molecule has 0 fully saturated rings. The van der Waals surface area contributed by atoms with Crippen LogP contribution in [-0.2, 0) is 21.0 Å². The number of fused-ring (bicyclic) bond motifs is 4. The molecular weight excluding hydrogens is 438 g/mol. The van der Waals surface area contributed by atoms with Crippen molar-refractivity contribution in [3.63, 3.8) is 0 Å². The lowest BCUT2D eigenvalue weighted by atomic mass is 10.1. The van der Waals surface area contributed by atoms with Gasteiger partial charge in [-0.15, -0.1) is 0 Å². The lowest BCUT2D eigenvalue weighted by Crippen LogP contribution is -2.22. The van der Waals surface area contributed by atoms with Crippen LogP contribution in [0.5, 0.6) is 0 Å². The number of benzene rings is 1. The van der Waals surface area contributed by atoms with Gasteiger partial charge in [0.1, 0.15) is 12.6 Å². The minimum Gasteiger partial charge on any atom is -0.453 e. The summed E-state index contributed by atoms with van der Waals surface area (Å²) < 4.78 is 12.6. The topological polar surface area (TPSA) is 121 Å². The summed E-state index contributed by atoms with van der Waals surface area (Å²) in [5, 5.41) is 5.60.